The molecule has 76 valence electrons. The lowest BCUT2D eigenvalue weighted by molar-refractivity contribution is 0.0987. The molecule has 1 N–H and O–H groups in total. The third kappa shape index (κ3) is 2.01. The molecule has 5 nitrogen and oxygen atoms in total. The van der Waals surface area contributed by atoms with Gasteiger partial charge in [-0.3, -0.25) is 4.79 Å². The summed E-state index contributed by atoms with van der Waals surface area (Å²) in [5, 5.41) is 6.08. The summed E-state index contributed by atoms with van der Waals surface area (Å²) >= 11 is 0. The Hall–Kier alpha value is -2.17. The summed E-state index contributed by atoms with van der Waals surface area (Å²) in [7, 11) is 0. The molecule has 2 aromatic heterocycles. The molecular weight excluding hydrogens is 194 g/mol. The molecule has 2 rings (SSSR count). The highest BCUT2D eigenvalue weighted by Gasteiger charge is 2.11. The maximum absolute atomic E-state index is 11.5. The summed E-state index contributed by atoms with van der Waals surface area (Å²) in [6.07, 6.45) is 3.03. The smallest absolute Gasteiger partial charge is 0.295 e. The van der Waals surface area contributed by atoms with Crippen LogP contribution in [0, 0.1) is 6.92 Å². The number of hydrogen-bond donors (Lipinski definition) is 1. The number of anilines is 1. The molecular formula is C10H9N3O2. The van der Waals surface area contributed by atoms with Crippen LogP contribution in [0.2, 0.25) is 0 Å². The number of aromatic nitrogens is 2. The number of hydrogen-bond acceptors (Lipinski definition) is 4. The Morgan fingerprint density at radius 3 is 2.93 bits per heavy atom. The Morgan fingerprint density at radius 1 is 1.40 bits per heavy atom. The summed E-state index contributed by atoms with van der Waals surface area (Å²) in [4.78, 5) is 15.6. The van der Waals surface area contributed by atoms with Gasteiger partial charge in [0.2, 0.25) is 5.76 Å². The minimum Gasteiger partial charge on any atom is -0.351 e. The number of amides is 1. The fraction of sp³-hybridized carbons (Fsp3) is 0.100. The van der Waals surface area contributed by atoms with Crippen molar-refractivity contribution in [2.75, 3.05) is 5.32 Å². The van der Waals surface area contributed by atoms with Gasteiger partial charge in [0, 0.05) is 12.3 Å². The van der Waals surface area contributed by atoms with Gasteiger partial charge in [0.05, 0.1) is 6.20 Å². The quantitative estimate of drug-likeness (QED) is 0.805. The summed E-state index contributed by atoms with van der Waals surface area (Å²) in [5.74, 6) is 0.341. The first-order chi connectivity index (χ1) is 7.27. The molecule has 0 bridgehead atoms. The second-order valence-corrected chi connectivity index (χ2v) is 3.00. The van der Waals surface area contributed by atoms with Crippen LogP contribution in [-0.4, -0.2) is 16.0 Å². The van der Waals surface area contributed by atoms with Crippen LogP contribution in [0.3, 0.4) is 0 Å². The van der Waals surface area contributed by atoms with E-state index in [0.29, 0.717) is 5.82 Å². The molecule has 0 atom stereocenters. The van der Waals surface area contributed by atoms with Gasteiger partial charge in [0.1, 0.15) is 5.82 Å². The molecule has 5 heteroatoms. The van der Waals surface area contributed by atoms with Crippen LogP contribution in [-0.2, 0) is 0 Å². The third-order valence-electron chi connectivity index (χ3n) is 1.90. The average Bonchev–Trinajstić information content (AvgIpc) is 2.74. The van der Waals surface area contributed by atoms with Gasteiger partial charge in [-0.15, -0.1) is 0 Å². The minimum absolute atomic E-state index is 0.167. The number of nitrogens with zero attached hydrogens (tertiary/aromatic N) is 2. The fourth-order valence-corrected chi connectivity index (χ4v) is 1.12. The van der Waals surface area contributed by atoms with Gasteiger partial charge < -0.3 is 9.84 Å². The number of carbonyl (C=O) groups excluding carboxylic acids is 1. The van der Waals surface area contributed by atoms with Gasteiger partial charge in [-0.05, 0) is 18.6 Å². The van der Waals surface area contributed by atoms with Gasteiger partial charge in [0.15, 0.2) is 0 Å². The second-order valence-electron chi connectivity index (χ2n) is 3.00. The van der Waals surface area contributed by atoms with Crippen LogP contribution in [0.4, 0.5) is 5.82 Å². The molecule has 0 aromatic carbocycles. The van der Waals surface area contributed by atoms with Gasteiger partial charge in [-0.25, -0.2) is 4.98 Å². The van der Waals surface area contributed by atoms with Crippen molar-refractivity contribution in [3.8, 4) is 0 Å². The summed E-state index contributed by atoms with van der Waals surface area (Å²) in [5.41, 5.74) is 0.894. The lowest BCUT2D eigenvalue weighted by Crippen LogP contribution is -2.12. The Balaban J connectivity index is 2.17. The second kappa shape index (κ2) is 3.91. The van der Waals surface area contributed by atoms with E-state index in [1.165, 1.54) is 12.3 Å². The number of rotatable bonds is 2. The van der Waals surface area contributed by atoms with Crippen LogP contribution in [0.15, 0.2) is 35.1 Å². The number of carbonyl (C=O) groups is 1. The molecule has 0 aliphatic carbocycles. The first-order valence-corrected chi connectivity index (χ1v) is 4.41. The molecule has 2 aromatic rings. The number of pyridine rings is 1. The maximum atomic E-state index is 11.5. The highest BCUT2D eigenvalue weighted by molar-refractivity contribution is 6.01. The lowest BCUT2D eigenvalue weighted by atomic mass is 10.3. The first kappa shape index (κ1) is 9.39. The maximum Gasteiger partial charge on any atom is 0.295 e. The molecule has 0 unspecified atom stereocenters. The first-order valence-electron chi connectivity index (χ1n) is 4.41. The molecule has 0 radical (unpaired) electrons. The summed E-state index contributed by atoms with van der Waals surface area (Å²) < 4.78 is 4.72. The van der Waals surface area contributed by atoms with E-state index in [0.717, 1.165) is 5.56 Å². The Kier molecular flexibility index (Phi) is 2.45. The topological polar surface area (TPSA) is 68.0 Å². The van der Waals surface area contributed by atoms with Gasteiger partial charge in [-0.1, -0.05) is 11.2 Å². The van der Waals surface area contributed by atoms with E-state index in [2.05, 4.69) is 15.5 Å². The highest BCUT2D eigenvalue weighted by atomic mass is 16.5. The minimum atomic E-state index is -0.352. The van der Waals surface area contributed by atoms with Crippen LogP contribution in [0.25, 0.3) is 0 Å². The van der Waals surface area contributed by atoms with Crippen molar-refractivity contribution in [2.45, 2.75) is 6.92 Å². The van der Waals surface area contributed by atoms with Crippen LogP contribution >= 0.6 is 0 Å². The molecule has 0 saturated carbocycles. The largest absolute Gasteiger partial charge is 0.351 e. The van der Waals surface area contributed by atoms with Crippen molar-refractivity contribution >= 4 is 11.7 Å². The summed E-state index contributed by atoms with van der Waals surface area (Å²) in [6, 6.07) is 5.16. The highest BCUT2D eigenvalue weighted by Crippen LogP contribution is 2.10. The van der Waals surface area contributed by atoms with E-state index in [9.17, 15) is 4.79 Å². The number of aryl methyl sites for hydroxylation is 1. The van der Waals surface area contributed by atoms with Crippen molar-refractivity contribution < 1.29 is 9.32 Å². The van der Waals surface area contributed by atoms with Crippen LogP contribution in [0.1, 0.15) is 16.1 Å². The standard InChI is InChI=1S/C10H9N3O2/c1-7-3-2-5-11-9(7)13-10(14)8-4-6-12-15-8/h2-6H,1H3,(H,11,13,14). The van der Waals surface area contributed by atoms with Crippen LogP contribution in [0.5, 0.6) is 0 Å². The van der Waals surface area contributed by atoms with Crippen molar-refractivity contribution in [1.29, 1.82) is 0 Å². The van der Waals surface area contributed by atoms with Crippen molar-refractivity contribution in [3.63, 3.8) is 0 Å². The SMILES string of the molecule is Cc1cccnc1NC(=O)c1ccno1. The zero-order valence-corrected chi connectivity index (χ0v) is 8.10. The fourth-order valence-electron chi connectivity index (χ4n) is 1.12. The van der Waals surface area contributed by atoms with E-state index in [-0.39, 0.29) is 11.7 Å². The van der Waals surface area contributed by atoms with Crippen molar-refractivity contribution in [1.82, 2.24) is 10.1 Å². The Morgan fingerprint density at radius 2 is 2.27 bits per heavy atom. The molecule has 0 saturated heterocycles. The molecule has 0 fully saturated rings. The molecule has 15 heavy (non-hydrogen) atoms. The molecule has 0 aliphatic rings. The molecule has 0 spiro atoms. The van der Waals surface area contributed by atoms with Crippen molar-refractivity contribution in [2.24, 2.45) is 0 Å². The molecule has 0 aliphatic heterocycles. The summed E-state index contributed by atoms with van der Waals surface area (Å²) in [6.45, 7) is 1.86. The van der Waals surface area contributed by atoms with E-state index >= 15 is 0 Å². The Labute approximate surface area is 86.1 Å². The van der Waals surface area contributed by atoms with E-state index in [1.54, 1.807) is 12.3 Å². The zero-order chi connectivity index (χ0) is 10.7. The lowest BCUT2D eigenvalue weighted by Gasteiger charge is -2.03. The Bertz CT molecular complexity index is 465. The monoisotopic (exact) mass is 203 g/mol. The third-order valence-corrected chi connectivity index (χ3v) is 1.90. The van der Waals surface area contributed by atoms with E-state index < -0.39 is 0 Å². The average molecular weight is 203 g/mol. The molecule has 1 amide bonds. The van der Waals surface area contributed by atoms with Gasteiger partial charge in [-0.2, -0.15) is 0 Å². The van der Waals surface area contributed by atoms with Crippen LogP contribution < -0.4 is 5.32 Å². The normalized spacial score (nSPS) is 9.93. The number of nitrogens with one attached hydrogen (secondary N) is 1. The van der Waals surface area contributed by atoms with Gasteiger partial charge >= 0.3 is 0 Å². The zero-order valence-electron chi connectivity index (χ0n) is 8.10. The predicted octanol–water partition coefficient (Wildman–Crippen LogP) is 1.63. The van der Waals surface area contributed by atoms with E-state index in [4.69, 9.17) is 4.52 Å². The van der Waals surface area contributed by atoms with E-state index in [1.807, 2.05) is 13.0 Å². The van der Waals surface area contributed by atoms with Gasteiger partial charge in [0.25, 0.3) is 5.91 Å². The molecule has 2 heterocycles. The predicted molar refractivity (Wildman–Crippen MR) is 53.4 cm³/mol. The van der Waals surface area contributed by atoms with Crippen molar-refractivity contribution in [3.05, 3.63) is 41.9 Å².